The first-order valence-electron chi connectivity index (χ1n) is 8.61. The minimum Gasteiger partial charge on any atom is -0.504 e. The molecular formula is C21H23NO3. The van der Waals surface area contributed by atoms with Gasteiger partial charge in [0.05, 0.1) is 6.61 Å². The van der Waals surface area contributed by atoms with Gasteiger partial charge in [-0.05, 0) is 36.3 Å². The number of carbonyl (C=O) groups excluding carboxylic acids is 1. The van der Waals surface area contributed by atoms with Crippen LogP contribution in [0, 0.1) is 0 Å². The Morgan fingerprint density at radius 2 is 2.00 bits per heavy atom. The Morgan fingerprint density at radius 3 is 2.76 bits per heavy atom. The summed E-state index contributed by atoms with van der Waals surface area (Å²) in [6.45, 7) is 4.61. The number of hydrogen-bond acceptors (Lipinski definition) is 4. The number of phenolic OH excluding ortho intramolecular Hbond substituents is 1. The van der Waals surface area contributed by atoms with Crippen molar-refractivity contribution in [2.24, 2.45) is 0 Å². The van der Waals surface area contributed by atoms with E-state index in [9.17, 15) is 9.90 Å². The predicted molar refractivity (Wildman–Crippen MR) is 98.6 cm³/mol. The number of aromatic hydroxyl groups is 1. The van der Waals surface area contributed by atoms with Crippen LogP contribution >= 0.6 is 0 Å². The molecule has 0 bridgehead atoms. The van der Waals surface area contributed by atoms with Crippen LogP contribution in [-0.2, 0) is 11.3 Å². The van der Waals surface area contributed by atoms with E-state index in [4.69, 9.17) is 4.74 Å². The number of ketones is 1. The second-order valence-electron chi connectivity index (χ2n) is 6.20. The fraction of sp³-hybridized carbons (Fsp3) is 0.286. The normalized spacial score (nSPS) is 17.0. The number of hydrogen-bond donors (Lipinski definition) is 1. The lowest BCUT2D eigenvalue weighted by Gasteiger charge is -2.27. The zero-order valence-corrected chi connectivity index (χ0v) is 14.4. The summed E-state index contributed by atoms with van der Waals surface area (Å²) in [5, 5.41) is 9.81. The topological polar surface area (TPSA) is 49.8 Å². The van der Waals surface area contributed by atoms with E-state index in [0.717, 1.165) is 24.2 Å². The first kappa shape index (κ1) is 17.2. The smallest absolute Gasteiger partial charge is 0.161 e. The fourth-order valence-corrected chi connectivity index (χ4v) is 3.02. The Hall–Kier alpha value is -2.59. The molecule has 0 saturated carbocycles. The van der Waals surface area contributed by atoms with Crippen molar-refractivity contribution < 1.29 is 14.6 Å². The number of piperidine rings is 1. The fourth-order valence-electron chi connectivity index (χ4n) is 3.02. The summed E-state index contributed by atoms with van der Waals surface area (Å²) in [7, 11) is 0. The molecule has 130 valence electrons. The van der Waals surface area contributed by atoms with E-state index in [2.05, 4.69) is 17.0 Å². The summed E-state index contributed by atoms with van der Waals surface area (Å²) in [5.74, 6) is 0.751. The first-order chi connectivity index (χ1) is 12.2. The van der Waals surface area contributed by atoms with Gasteiger partial charge in [0.15, 0.2) is 17.3 Å². The molecule has 0 aliphatic carbocycles. The van der Waals surface area contributed by atoms with Gasteiger partial charge in [-0.2, -0.15) is 0 Å². The van der Waals surface area contributed by atoms with Gasteiger partial charge >= 0.3 is 0 Å². The number of benzene rings is 2. The second kappa shape index (κ2) is 7.99. The number of carbonyl (C=O) groups is 1. The van der Waals surface area contributed by atoms with Crippen LogP contribution in [0.3, 0.4) is 0 Å². The van der Waals surface area contributed by atoms with Gasteiger partial charge in [0.2, 0.25) is 0 Å². The molecule has 4 nitrogen and oxygen atoms in total. The molecule has 1 N–H and O–H groups in total. The quantitative estimate of drug-likeness (QED) is 0.846. The summed E-state index contributed by atoms with van der Waals surface area (Å²) in [5.41, 5.74) is 2.92. The predicted octanol–water partition coefficient (Wildman–Crippen LogP) is 3.65. The Bertz CT molecular complexity index is 768. The molecule has 25 heavy (non-hydrogen) atoms. The first-order valence-corrected chi connectivity index (χ1v) is 8.61. The van der Waals surface area contributed by atoms with Crippen LogP contribution in [0.15, 0.2) is 54.1 Å². The van der Waals surface area contributed by atoms with Crippen LogP contribution in [0.2, 0.25) is 0 Å². The van der Waals surface area contributed by atoms with E-state index < -0.39 is 0 Å². The number of likely N-dealkylation sites (tertiary alicyclic amines) is 1. The third-order valence-electron chi connectivity index (χ3n) is 4.28. The van der Waals surface area contributed by atoms with E-state index in [1.807, 2.05) is 31.2 Å². The van der Waals surface area contributed by atoms with Crippen LogP contribution in [0.1, 0.15) is 24.5 Å². The van der Waals surface area contributed by atoms with Crippen molar-refractivity contribution in [1.82, 2.24) is 4.90 Å². The Labute approximate surface area is 148 Å². The van der Waals surface area contributed by atoms with Gasteiger partial charge in [-0.15, -0.1) is 0 Å². The van der Waals surface area contributed by atoms with Crippen molar-refractivity contribution in [1.29, 1.82) is 0 Å². The van der Waals surface area contributed by atoms with Gasteiger partial charge in [0, 0.05) is 31.6 Å². The average Bonchev–Trinajstić information content (AvgIpc) is 2.62. The van der Waals surface area contributed by atoms with Crippen LogP contribution in [0.25, 0.3) is 6.08 Å². The molecule has 0 radical (unpaired) electrons. The third-order valence-corrected chi connectivity index (χ3v) is 4.28. The van der Waals surface area contributed by atoms with Gasteiger partial charge in [-0.25, -0.2) is 0 Å². The van der Waals surface area contributed by atoms with Crippen LogP contribution in [0.5, 0.6) is 11.5 Å². The zero-order valence-electron chi connectivity index (χ0n) is 14.4. The van der Waals surface area contributed by atoms with Crippen LogP contribution in [0.4, 0.5) is 0 Å². The van der Waals surface area contributed by atoms with E-state index in [0.29, 0.717) is 25.3 Å². The highest BCUT2D eigenvalue weighted by Gasteiger charge is 2.21. The van der Waals surface area contributed by atoms with Gasteiger partial charge in [-0.1, -0.05) is 36.4 Å². The molecule has 2 aromatic rings. The van der Waals surface area contributed by atoms with E-state index in [1.165, 1.54) is 5.56 Å². The molecule has 1 aliphatic rings. The molecule has 0 amide bonds. The molecule has 0 atom stereocenters. The maximum atomic E-state index is 12.3. The Kier molecular flexibility index (Phi) is 5.51. The SMILES string of the molecule is CCOc1cc(/C=C2\CN(Cc3ccccc3)CCC2=O)ccc1O. The largest absolute Gasteiger partial charge is 0.504 e. The minimum atomic E-state index is 0.115. The molecule has 4 heteroatoms. The van der Waals surface area contributed by atoms with E-state index in [-0.39, 0.29) is 11.5 Å². The number of rotatable bonds is 5. The molecule has 0 spiro atoms. The van der Waals surface area contributed by atoms with Crippen molar-refractivity contribution in [2.45, 2.75) is 19.9 Å². The van der Waals surface area contributed by atoms with Crippen molar-refractivity contribution in [3.8, 4) is 11.5 Å². The van der Waals surface area contributed by atoms with Crippen molar-refractivity contribution in [3.63, 3.8) is 0 Å². The number of ether oxygens (including phenoxy) is 1. The Morgan fingerprint density at radius 1 is 1.20 bits per heavy atom. The molecule has 0 aromatic heterocycles. The van der Waals surface area contributed by atoms with Gasteiger partial charge in [-0.3, -0.25) is 9.69 Å². The highest BCUT2D eigenvalue weighted by Crippen LogP contribution is 2.28. The maximum Gasteiger partial charge on any atom is 0.161 e. The maximum absolute atomic E-state index is 12.3. The van der Waals surface area contributed by atoms with Crippen molar-refractivity contribution >= 4 is 11.9 Å². The summed E-state index contributed by atoms with van der Waals surface area (Å²) < 4.78 is 5.42. The van der Waals surface area contributed by atoms with Crippen LogP contribution < -0.4 is 4.74 Å². The monoisotopic (exact) mass is 337 g/mol. The van der Waals surface area contributed by atoms with Gasteiger partial charge < -0.3 is 9.84 Å². The molecule has 1 saturated heterocycles. The molecule has 1 fully saturated rings. The number of Topliss-reactive ketones (excluding diaryl/α,β-unsaturated/α-hetero) is 1. The van der Waals surface area contributed by atoms with E-state index >= 15 is 0 Å². The standard InChI is InChI=1S/C21H23NO3/c1-2-25-21-13-17(8-9-20(21)24)12-18-15-22(11-10-19(18)23)14-16-6-4-3-5-7-16/h3-9,12-13,24H,2,10-11,14-15H2,1H3/b18-12+. The molecule has 1 aliphatic heterocycles. The highest BCUT2D eigenvalue weighted by molar-refractivity contribution is 6.00. The lowest BCUT2D eigenvalue weighted by atomic mass is 9.99. The molecular weight excluding hydrogens is 314 g/mol. The lowest BCUT2D eigenvalue weighted by molar-refractivity contribution is -0.117. The van der Waals surface area contributed by atoms with Crippen molar-refractivity contribution in [2.75, 3.05) is 19.7 Å². The van der Waals surface area contributed by atoms with Gasteiger partial charge in [0.1, 0.15) is 0 Å². The average molecular weight is 337 g/mol. The summed E-state index contributed by atoms with van der Waals surface area (Å²) in [6, 6.07) is 15.5. The number of phenols is 1. The van der Waals surface area contributed by atoms with Crippen LogP contribution in [-0.4, -0.2) is 35.5 Å². The Balaban J connectivity index is 1.76. The zero-order chi connectivity index (χ0) is 17.6. The molecule has 0 unspecified atom stereocenters. The third kappa shape index (κ3) is 4.48. The molecule has 1 heterocycles. The van der Waals surface area contributed by atoms with Crippen molar-refractivity contribution in [3.05, 3.63) is 65.2 Å². The highest BCUT2D eigenvalue weighted by atomic mass is 16.5. The lowest BCUT2D eigenvalue weighted by Crippen LogP contribution is -2.35. The molecule has 3 rings (SSSR count). The summed E-state index contributed by atoms with van der Waals surface area (Å²) in [4.78, 5) is 14.6. The second-order valence-corrected chi connectivity index (χ2v) is 6.20. The summed E-state index contributed by atoms with van der Waals surface area (Å²) >= 11 is 0. The number of nitrogens with zero attached hydrogens (tertiary/aromatic N) is 1. The minimum absolute atomic E-state index is 0.115. The van der Waals surface area contributed by atoms with Gasteiger partial charge in [0.25, 0.3) is 0 Å². The van der Waals surface area contributed by atoms with E-state index in [1.54, 1.807) is 18.2 Å². The summed E-state index contributed by atoms with van der Waals surface area (Å²) in [6.07, 6.45) is 2.44. The molecule has 2 aromatic carbocycles.